The number of rotatable bonds is 1. The summed E-state index contributed by atoms with van der Waals surface area (Å²) in [6, 6.07) is 8.63. The maximum absolute atomic E-state index is 11.1. The Labute approximate surface area is 145 Å². The fourth-order valence-corrected chi connectivity index (χ4v) is 6.33. The second-order valence-electron chi connectivity index (χ2n) is 8.76. The van der Waals surface area contributed by atoms with Crippen molar-refractivity contribution in [1.82, 2.24) is 0 Å². The molecule has 0 aliphatic heterocycles. The Bertz CT molecular complexity index is 732. The molecular weight excluding hydrogens is 294 g/mol. The largest absolute Gasteiger partial charge is 0.392 e. The van der Waals surface area contributed by atoms with Crippen LogP contribution in [0.2, 0.25) is 0 Å². The standard InChI is InChI=1S/C22H27NO/c1-4-21(2)12-19-18-9-8-15-14(13-23)6-5-7-16(15)17(18)10-11-22(19,3)20(21)24/h4-7,17-20,24H,1,8-12H2,2-3H3/t17?,18?,19?,20-,21+,22-/m0/s1. The van der Waals surface area contributed by atoms with Gasteiger partial charge in [0.25, 0.3) is 0 Å². The molecule has 2 fully saturated rings. The van der Waals surface area contributed by atoms with E-state index in [4.69, 9.17) is 0 Å². The number of aliphatic hydroxyl groups is 1. The lowest BCUT2D eigenvalue weighted by atomic mass is 9.55. The molecule has 1 aromatic carbocycles. The van der Waals surface area contributed by atoms with Crippen molar-refractivity contribution in [3.8, 4) is 6.07 Å². The van der Waals surface area contributed by atoms with E-state index >= 15 is 0 Å². The quantitative estimate of drug-likeness (QED) is 0.770. The SMILES string of the molecule is C=C[C@]1(C)CC2C3CCc4c(C#N)cccc4C3CC[C@]2(C)[C@H]1O. The number of benzene rings is 1. The molecule has 0 radical (unpaired) electrons. The number of fused-ring (bicyclic) bond motifs is 5. The van der Waals surface area contributed by atoms with E-state index in [1.165, 1.54) is 11.1 Å². The highest BCUT2D eigenvalue weighted by Crippen LogP contribution is 2.65. The number of nitrogens with zero attached hydrogens (tertiary/aromatic N) is 1. The third-order valence-electron chi connectivity index (χ3n) is 7.71. The van der Waals surface area contributed by atoms with Crippen LogP contribution in [0.3, 0.4) is 0 Å². The van der Waals surface area contributed by atoms with Crippen LogP contribution in [0.5, 0.6) is 0 Å². The topological polar surface area (TPSA) is 44.0 Å². The van der Waals surface area contributed by atoms with E-state index < -0.39 is 0 Å². The first-order valence-electron chi connectivity index (χ1n) is 9.28. The van der Waals surface area contributed by atoms with Gasteiger partial charge < -0.3 is 5.11 Å². The zero-order chi connectivity index (χ0) is 17.1. The van der Waals surface area contributed by atoms with Gasteiger partial charge in [0.1, 0.15) is 0 Å². The van der Waals surface area contributed by atoms with E-state index in [0.717, 1.165) is 37.7 Å². The molecule has 2 heteroatoms. The molecule has 2 saturated carbocycles. The molecule has 3 aliphatic rings. The van der Waals surface area contributed by atoms with Crippen LogP contribution in [0.4, 0.5) is 0 Å². The summed E-state index contributed by atoms with van der Waals surface area (Å²) in [5, 5.41) is 20.5. The predicted molar refractivity (Wildman–Crippen MR) is 95.5 cm³/mol. The molecule has 4 rings (SSSR count). The summed E-state index contributed by atoms with van der Waals surface area (Å²) in [5.74, 6) is 1.73. The second-order valence-corrected chi connectivity index (χ2v) is 8.76. The molecule has 126 valence electrons. The first kappa shape index (κ1) is 15.9. The fraction of sp³-hybridized carbons (Fsp3) is 0.591. The first-order chi connectivity index (χ1) is 11.4. The van der Waals surface area contributed by atoms with E-state index in [0.29, 0.717) is 17.8 Å². The lowest BCUT2D eigenvalue weighted by Crippen LogP contribution is -2.45. The summed E-state index contributed by atoms with van der Waals surface area (Å²) in [6.45, 7) is 8.50. The molecular formula is C22H27NO. The van der Waals surface area contributed by atoms with Gasteiger partial charge in [-0.05, 0) is 72.5 Å². The van der Waals surface area contributed by atoms with Crippen LogP contribution >= 0.6 is 0 Å². The number of hydrogen-bond acceptors (Lipinski definition) is 2. The lowest BCUT2D eigenvalue weighted by Gasteiger charge is -2.50. The summed E-state index contributed by atoms with van der Waals surface area (Å²) in [6.07, 6.45) is 7.09. The van der Waals surface area contributed by atoms with Crippen LogP contribution in [0, 0.1) is 34.0 Å². The van der Waals surface area contributed by atoms with Crippen molar-refractivity contribution in [1.29, 1.82) is 5.26 Å². The van der Waals surface area contributed by atoms with Gasteiger partial charge in [0.2, 0.25) is 0 Å². The first-order valence-corrected chi connectivity index (χ1v) is 9.28. The highest BCUT2D eigenvalue weighted by atomic mass is 16.3. The number of hydrogen-bond donors (Lipinski definition) is 1. The van der Waals surface area contributed by atoms with Gasteiger partial charge in [-0.25, -0.2) is 0 Å². The molecule has 2 nitrogen and oxygen atoms in total. The average Bonchev–Trinajstić information content (AvgIpc) is 2.82. The Morgan fingerprint density at radius 2 is 2.12 bits per heavy atom. The smallest absolute Gasteiger partial charge is 0.0994 e. The van der Waals surface area contributed by atoms with Gasteiger partial charge in [-0.1, -0.05) is 32.1 Å². The van der Waals surface area contributed by atoms with Gasteiger partial charge >= 0.3 is 0 Å². The Morgan fingerprint density at radius 3 is 2.83 bits per heavy atom. The Balaban J connectivity index is 1.75. The van der Waals surface area contributed by atoms with Crippen molar-refractivity contribution in [2.45, 2.75) is 58.0 Å². The van der Waals surface area contributed by atoms with Crippen LogP contribution < -0.4 is 0 Å². The Kier molecular flexibility index (Phi) is 3.45. The molecule has 6 atom stereocenters. The molecule has 0 saturated heterocycles. The summed E-state index contributed by atoms with van der Waals surface area (Å²) in [7, 11) is 0. The molecule has 0 bridgehead atoms. The van der Waals surface area contributed by atoms with Crippen molar-refractivity contribution >= 4 is 0 Å². The minimum absolute atomic E-state index is 0.00838. The van der Waals surface area contributed by atoms with E-state index in [1.54, 1.807) is 0 Å². The third kappa shape index (κ3) is 1.91. The monoisotopic (exact) mass is 321 g/mol. The van der Waals surface area contributed by atoms with Crippen LogP contribution in [0.25, 0.3) is 0 Å². The van der Waals surface area contributed by atoms with Crippen LogP contribution in [-0.4, -0.2) is 11.2 Å². The van der Waals surface area contributed by atoms with Crippen molar-refractivity contribution in [2.24, 2.45) is 22.7 Å². The zero-order valence-electron chi connectivity index (χ0n) is 14.8. The Hall–Kier alpha value is -1.59. The fourth-order valence-electron chi connectivity index (χ4n) is 6.33. The van der Waals surface area contributed by atoms with E-state index in [-0.39, 0.29) is 16.9 Å². The minimum Gasteiger partial charge on any atom is -0.392 e. The van der Waals surface area contributed by atoms with Gasteiger partial charge in [0.15, 0.2) is 0 Å². The third-order valence-corrected chi connectivity index (χ3v) is 7.71. The molecule has 0 aromatic heterocycles. The maximum atomic E-state index is 11.1. The average molecular weight is 321 g/mol. The summed E-state index contributed by atoms with van der Waals surface area (Å²) in [4.78, 5) is 0. The van der Waals surface area contributed by atoms with Gasteiger partial charge in [0, 0.05) is 5.41 Å². The van der Waals surface area contributed by atoms with Crippen LogP contribution in [0.15, 0.2) is 30.9 Å². The van der Waals surface area contributed by atoms with Crippen molar-refractivity contribution in [3.05, 3.63) is 47.5 Å². The molecule has 24 heavy (non-hydrogen) atoms. The minimum atomic E-state index is -0.291. The molecule has 0 heterocycles. The zero-order valence-corrected chi connectivity index (χ0v) is 14.8. The molecule has 1 aromatic rings. The lowest BCUT2D eigenvalue weighted by molar-refractivity contribution is -0.0411. The van der Waals surface area contributed by atoms with E-state index in [2.05, 4.69) is 32.6 Å². The van der Waals surface area contributed by atoms with Gasteiger partial charge in [-0.15, -0.1) is 6.58 Å². The van der Waals surface area contributed by atoms with Crippen molar-refractivity contribution in [3.63, 3.8) is 0 Å². The van der Waals surface area contributed by atoms with Crippen molar-refractivity contribution < 1.29 is 5.11 Å². The summed E-state index contributed by atoms with van der Waals surface area (Å²) < 4.78 is 0. The van der Waals surface area contributed by atoms with E-state index in [9.17, 15) is 10.4 Å². The number of aliphatic hydroxyl groups excluding tert-OH is 1. The van der Waals surface area contributed by atoms with Gasteiger partial charge in [-0.2, -0.15) is 5.26 Å². The Morgan fingerprint density at radius 1 is 1.33 bits per heavy atom. The van der Waals surface area contributed by atoms with Gasteiger partial charge in [0.05, 0.1) is 17.7 Å². The molecule has 0 amide bonds. The summed E-state index contributed by atoms with van der Waals surface area (Å²) >= 11 is 0. The molecule has 3 unspecified atom stereocenters. The molecule has 1 N–H and O–H groups in total. The normalized spacial score (nSPS) is 43.2. The maximum Gasteiger partial charge on any atom is 0.0994 e. The van der Waals surface area contributed by atoms with Crippen LogP contribution in [-0.2, 0) is 6.42 Å². The molecule has 3 aliphatic carbocycles. The highest BCUT2D eigenvalue weighted by Gasteiger charge is 2.61. The second kappa shape index (κ2) is 5.20. The van der Waals surface area contributed by atoms with Crippen LogP contribution in [0.1, 0.15) is 62.1 Å². The number of nitriles is 1. The van der Waals surface area contributed by atoms with Crippen molar-refractivity contribution in [2.75, 3.05) is 0 Å². The predicted octanol–water partition coefficient (Wildman–Crippen LogP) is 4.58. The van der Waals surface area contributed by atoms with Gasteiger partial charge in [-0.3, -0.25) is 0 Å². The van der Waals surface area contributed by atoms with E-state index in [1.807, 2.05) is 18.2 Å². The summed E-state index contributed by atoms with van der Waals surface area (Å²) in [5.41, 5.74) is 3.41. The highest BCUT2D eigenvalue weighted by molar-refractivity contribution is 5.46. The molecule has 0 spiro atoms.